The van der Waals surface area contributed by atoms with E-state index in [0.717, 1.165) is 12.6 Å². The Labute approximate surface area is 170 Å². The topological polar surface area (TPSA) is 144 Å². The lowest BCUT2D eigenvalue weighted by Gasteiger charge is -2.33. The number of nitrogens with two attached hydrogens (primary N) is 1. The third-order valence-electron chi connectivity index (χ3n) is 4.56. The number of ether oxygens (including phenoxy) is 2. The lowest BCUT2D eigenvalue weighted by Crippen LogP contribution is -2.47. The molecule has 0 saturated carbocycles. The average molecular weight is 452 g/mol. The number of nitrogens with zero attached hydrogens (tertiary/aromatic N) is 2. The molecule has 2 aliphatic heterocycles. The molecule has 1 unspecified atom stereocenters. The van der Waals surface area contributed by atoms with E-state index in [0.29, 0.717) is 11.0 Å². The van der Waals surface area contributed by atoms with Gasteiger partial charge in [0.1, 0.15) is 18.0 Å². The number of unbranched alkanes of at least 4 members (excludes halogenated alkanes) is 1. The molecule has 14 heteroatoms. The minimum Gasteiger partial charge on any atom is -0.465 e. The van der Waals surface area contributed by atoms with Crippen molar-refractivity contribution >= 4 is 19.5 Å². The lowest BCUT2D eigenvalue weighted by atomic mass is 10.1. The molecule has 0 aliphatic carbocycles. The van der Waals surface area contributed by atoms with Crippen LogP contribution in [-0.2, 0) is 27.9 Å². The fourth-order valence-corrected chi connectivity index (χ4v) is 4.68. The third-order valence-corrected chi connectivity index (χ3v) is 6.26. The molecule has 2 aliphatic rings. The van der Waals surface area contributed by atoms with E-state index in [1.807, 2.05) is 6.92 Å². The Morgan fingerprint density at radius 2 is 2.30 bits per heavy atom. The molecule has 0 bridgehead atoms. The minimum absolute atomic E-state index is 0.136. The highest BCUT2D eigenvalue weighted by Crippen LogP contribution is 2.57. The molecule has 0 radical (unpaired) electrons. The molecule has 0 spiro atoms. The maximum absolute atomic E-state index is 15.0. The van der Waals surface area contributed by atoms with Gasteiger partial charge in [-0.3, -0.25) is 18.4 Å². The largest absolute Gasteiger partial charge is 0.465 e. The Bertz CT molecular complexity index is 899. The van der Waals surface area contributed by atoms with Crippen molar-refractivity contribution in [2.45, 2.75) is 57.1 Å². The van der Waals surface area contributed by atoms with Crippen molar-refractivity contribution < 1.29 is 36.7 Å². The van der Waals surface area contributed by atoms with Crippen LogP contribution in [0.2, 0.25) is 0 Å². The highest BCUT2D eigenvalue weighted by atomic mass is 31.2. The van der Waals surface area contributed by atoms with Gasteiger partial charge in [-0.15, -0.1) is 0 Å². The molecule has 2 fully saturated rings. The second kappa shape index (κ2) is 8.67. The highest BCUT2D eigenvalue weighted by Gasteiger charge is 2.65. The van der Waals surface area contributed by atoms with Gasteiger partial charge in [0.25, 0.3) is 0 Å². The van der Waals surface area contributed by atoms with Crippen LogP contribution < -0.4 is 16.5 Å². The first-order chi connectivity index (χ1) is 14.1. The second-order valence-electron chi connectivity index (χ2n) is 6.93. The van der Waals surface area contributed by atoms with E-state index in [1.54, 1.807) is 0 Å². The molecular formula is C16H23F2N4O7P. The van der Waals surface area contributed by atoms with Gasteiger partial charge >= 0.3 is 25.3 Å². The van der Waals surface area contributed by atoms with E-state index >= 15 is 0 Å². The molecule has 11 nitrogen and oxygen atoms in total. The average Bonchev–Trinajstić information content (AvgIpc) is 2.92. The van der Waals surface area contributed by atoms with E-state index in [4.69, 9.17) is 24.3 Å². The molecule has 1 aromatic rings. The number of rotatable bonds is 7. The van der Waals surface area contributed by atoms with Crippen LogP contribution in [0.1, 0.15) is 32.9 Å². The number of nitrogen functional groups attached to an aromatic ring is 1. The van der Waals surface area contributed by atoms with Crippen LogP contribution in [-0.4, -0.2) is 52.9 Å². The monoisotopic (exact) mass is 452 g/mol. The Morgan fingerprint density at radius 3 is 2.97 bits per heavy atom. The number of nitrogens with one attached hydrogen (secondary N) is 1. The lowest BCUT2D eigenvalue weighted by molar-refractivity contribution is -0.145. The third kappa shape index (κ3) is 4.54. The van der Waals surface area contributed by atoms with Gasteiger partial charge in [-0.25, -0.2) is 14.4 Å². The number of hydrogen-bond acceptors (Lipinski definition) is 9. The van der Waals surface area contributed by atoms with E-state index in [1.165, 1.54) is 13.0 Å². The standard InChI is InChI=1S/C16H23F2N4O7P/c1-3-4-7-26-13(23)9(2)21-30(25)27-8-10-12(29-30)16(17,18)14(28-10)22-6-5-11(19)20-15(22)24/h5-6,9-10,12,14H,3-4,7-8H2,1-2H3,(H,21,25)(H2,19,20,24)/t9-,10+,12+,14+,30?/m0/s1. The molecule has 0 amide bonds. The van der Waals surface area contributed by atoms with E-state index < -0.39 is 56.4 Å². The Hall–Kier alpha value is -1.92. The van der Waals surface area contributed by atoms with Crippen LogP contribution in [0, 0.1) is 0 Å². The number of carbonyl (C=O) groups is 1. The first-order valence-corrected chi connectivity index (χ1v) is 10.9. The number of carbonyl (C=O) groups excluding carboxylic acids is 1. The van der Waals surface area contributed by atoms with Crippen LogP contribution in [0.15, 0.2) is 17.1 Å². The zero-order valence-corrected chi connectivity index (χ0v) is 17.2. The number of alkyl halides is 2. The number of halogens is 2. The van der Waals surface area contributed by atoms with Crippen molar-refractivity contribution in [3.05, 3.63) is 22.7 Å². The summed E-state index contributed by atoms with van der Waals surface area (Å²) in [5.41, 5.74) is 4.34. The van der Waals surface area contributed by atoms with Crippen LogP contribution >= 0.6 is 7.75 Å². The highest BCUT2D eigenvalue weighted by molar-refractivity contribution is 7.51. The van der Waals surface area contributed by atoms with E-state index in [2.05, 4.69) is 10.1 Å². The van der Waals surface area contributed by atoms with Gasteiger partial charge < -0.3 is 15.2 Å². The first-order valence-electron chi connectivity index (χ1n) is 9.32. The normalized spacial score (nSPS) is 31.1. The summed E-state index contributed by atoms with van der Waals surface area (Å²) >= 11 is 0. The second-order valence-corrected chi connectivity index (χ2v) is 8.66. The molecule has 5 atom stereocenters. The van der Waals surface area contributed by atoms with E-state index in [-0.39, 0.29) is 12.4 Å². The SMILES string of the molecule is CCCCOC(=O)[C@H](C)NP1(=O)OC[C@H]2O[C@@H](n3ccc(N)nc3=O)C(F)(F)[C@@H]2O1. The summed E-state index contributed by atoms with van der Waals surface area (Å²) in [5.74, 6) is -4.61. The van der Waals surface area contributed by atoms with Gasteiger partial charge in [0, 0.05) is 6.20 Å². The van der Waals surface area contributed by atoms with Gasteiger partial charge in [0.15, 0.2) is 6.10 Å². The van der Waals surface area contributed by atoms with Gasteiger partial charge in [0.2, 0.25) is 6.23 Å². The first kappa shape index (κ1) is 22.8. The number of aromatic nitrogens is 2. The van der Waals surface area contributed by atoms with Crippen LogP contribution in [0.3, 0.4) is 0 Å². The zero-order chi connectivity index (χ0) is 22.1. The molecule has 3 N–H and O–H groups in total. The summed E-state index contributed by atoms with van der Waals surface area (Å²) in [6.07, 6.45) is -2.86. The molecule has 2 saturated heterocycles. The van der Waals surface area contributed by atoms with Crippen molar-refractivity contribution in [2.24, 2.45) is 0 Å². The van der Waals surface area contributed by atoms with Crippen LogP contribution in [0.4, 0.5) is 14.6 Å². The van der Waals surface area contributed by atoms with E-state index in [9.17, 15) is 22.9 Å². The molecule has 30 heavy (non-hydrogen) atoms. The van der Waals surface area contributed by atoms with Gasteiger partial charge in [-0.2, -0.15) is 13.8 Å². The van der Waals surface area contributed by atoms with Crippen molar-refractivity contribution in [2.75, 3.05) is 18.9 Å². The molecule has 3 heterocycles. The van der Waals surface area contributed by atoms with Crippen molar-refractivity contribution in [3.63, 3.8) is 0 Å². The maximum atomic E-state index is 15.0. The summed E-state index contributed by atoms with van der Waals surface area (Å²) in [5, 5.41) is 2.30. The van der Waals surface area contributed by atoms with Gasteiger partial charge in [0.05, 0.1) is 13.2 Å². The molecule has 0 aromatic carbocycles. The minimum atomic E-state index is -4.28. The summed E-state index contributed by atoms with van der Waals surface area (Å²) in [6, 6.07) is 0.0400. The fraction of sp³-hybridized carbons (Fsp3) is 0.688. The summed E-state index contributed by atoms with van der Waals surface area (Å²) < 4.78 is 63.7. The van der Waals surface area contributed by atoms with Gasteiger partial charge in [-0.05, 0) is 19.4 Å². The Balaban J connectivity index is 1.72. The van der Waals surface area contributed by atoms with Gasteiger partial charge in [-0.1, -0.05) is 13.3 Å². The number of fused-ring (bicyclic) bond motifs is 1. The Kier molecular flexibility index (Phi) is 6.58. The quantitative estimate of drug-likeness (QED) is 0.352. The molecule has 1 aromatic heterocycles. The van der Waals surface area contributed by atoms with Crippen molar-refractivity contribution in [1.29, 1.82) is 0 Å². The summed E-state index contributed by atoms with van der Waals surface area (Å²) in [6.45, 7) is 2.93. The molecule has 168 valence electrons. The van der Waals surface area contributed by atoms with Crippen molar-refractivity contribution in [3.8, 4) is 0 Å². The van der Waals surface area contributed by atoms with Crippen LogP contribution in [0.25, 0.3) is 0 Å². The molecule has 3 rings (SSSR count). The number of anilines is 1. The smallest absolute Gasteiger partial charge is 0.406 e. The molecular weight excluding hydrogens is 429 g/mol. The Morgan fingerprint density at radius 1 is 1.57 bits per heavy atom. The fourth-order valence-electron chi connectivity index (χ4n) is 2.99. The summed E-state index contributed by atoms with van der Waals surface area (Å²) in [4.78, 5) is 27.3. The summed E-state index contributed by atoms with van der Waals surface area (Å²) in [7, 11) is -4.28. The number of hydrogen-bond donors (Lipinski definition) is 2. The van der Waals surface area contributed by atoms with Crippen molar-refractivity contribution in [1.82, 2.24) is 14.6 Å². The predicted molar refractivity (Wildman–Crippen MR) is 98.7 cm³/mol. The van der Waals surface area contributed by atoms with Crippen LogP contribution in [0.5, 0.6) is 0 Å². The maximum Gasteiger partial charge on any atom is 0.406 e. The number of esters is 1. The predicted octanol–water partition coefficient (Wildman–Crippen LogP) is 1.20. The zero-order valence-electron chi connectivity index (χ0n) is 16.3.